The highest BCUT2D eigenvalue weighted by Crippen LogP contribution is 2.14. The lowest BCUT2D eigenvalue weighted by Crippen LogP contribution is -2.33. The van der Waals surface area contributed by atoms with Gasteiger partial charge in [-0.15, -0.1) is 0 Å². The number of carboxylic acid groups (broad SMARTS) is 1. The van der Waals surface area contributed by atoms with Gasteiger partial charge in [-0.25, -0.2) is 4.79 Å². The molecular formula is C24H30N4O3. The van der Waals surface area contributed by atoms with E-state index in [2.05, 4.69) is 22.0 Å². The normalized spacial score (nSPS) is 13.4. The summed E-state index contributed by atoms with van der Waals surface area (Å²) in [7, 11) is 3.87. The van der Waals surface area contributed by atoms with Crippen molar-refractivity contribution in [2.45, 2.75) is 19.4 Å². The molecule has 0 aliphatic carbocycles. The Morgan fingerprint density at radius 2 is 1.71 bits per heavy atom. The number of benzene rings is 2. The molecule has 31 heavy (non-hydrogen) atoms. The zero-order valence-electron chi connectivity index (χ0n) is 18.2. The van der Waals surface area contributed by atoms with E-state index in [-0.39, 0.29) is 5.91 Å². The van der Waals surface area contributed by atoms with Crippen molar-refractivity contribution in [1.29, 1.82) is 0 Å². The Balaban J connectivity index is 1.43. The zero-order chi connectivity index (χ0) is 22.2. The van der Waals surface area contributed by atoms with E-state index in [4.69, 9.17) is 0 Å². The van der Waals surface area contributed by atoms with Crippen molar-refractivity contribution < 1.29 is 14.7 Å². The standard InChI is InChI=1S/C24H30N4O3/c1-26(18-20-6-4-3-5-7-20)15-13-22(29)27(2)16-12-19-8-10-21(11-9-19)23-25-14-17-28(23)24(30)31/h3-11H,12-18H2,1-2H3,(H,30,31). The van der Waals surface area contributed by atoms with Crippen LogP contribution in [0.15, 0.2) is 59.6 Å². The van der Waals surface area contributed by atoms with Crippen LogP contribution < -0.4 is 0 Å². The third-order valence-corrected chi connectivity index (χ3v) is 5.45. The number of hydrogen-bond donors (Lipinski definition) is 1. The van der Waals surface area contributed by atoms with Gasteiger partial charge in [-0.3, -0.25) is 14.7 Å². The van der Waals surface area contributed by atoms with Crippen molar-refractivity contribution in [1.82, 2.24) is 14.7 Å². The molecule has 0 bridgehead atoms. The number of aliphatic imine (C=N–C) groups is 1. The second-order valence-corrected chi connectivity index (χ2v) is 7.88. The molecule has 3 rings (SSSR count). The Kier molecular flexibility index (Phi) is 7.78. The zero-order valence-corrected chi connectivity index (χ0v) is 18.2. The maximum atomic E-state index is 12.5. The van der Waals surface area contributed by atoms with E-state index in [0.29, 0.717) is 31.9 Å². The van der Waals surface area contributed by atoms with Crippen molar-refractivity contribution in [3.8, 4) is 0 Å². The van der Waals surface area contributed by atoms with Gasteiger partial charge in [-0.05, 0) is 24.6 Å². The summed E-state index contributed by atoms with van der Waals surface area (Å²) in [6.45, 7) is 3.09. The molecule has 1 heterocycles. The third-order valence-electron chi connectivity index (χ3n) is 5.45. The van der Waals surface area contributed by atoms with E-state index in [0.717, 1.165) is 30.6 Å². The summed E-state index contributed by atoms with van der Waals surface area (Å²) >= 11 is 0. The fraction of sp³-hybridized carbons (Fsp3) is 0.375. The molecule has 1 aliphatic rings. The van der Waals surface area contributed by atoms with Crippen LogP contribution in [-0.2, 0) is 17.8 Å². The second-order valence-electron chi connectivity index (χ2n) is 7.88. The minimum Gasteiger partial charge on any atom is -0.465 e. The smallest absolute Gasteiger partial charge is 0.413 e. The summed E-state index contributed by atoms with van der Waals surface area (Å²) < 4.78 is 0. The Bertz CT molecular complexity index is 912. The lowest BCUT2D eigenvalue weighted by Gasteiger charge is -2.20. The number of amides is 2. The minimum absolute atomic E-state index is 0.133. The molecule has 1 N–H and O–H groups in total. The van der Waals surface area contributed by atoms with Crippen LogP contribution in [0.2, 0.25) is 0 Å². The molecule has 0 saturated heterocycles. The van der Waals surface area contributed by atoms with Gasteiger partial charge in [-0.1, -0.05) is 54.6 Å². The van der Waals surface area contributed by atoms with Gasteiger partial charge in [0.2, 0.25) is 5.91 Å². The molecule has 0 spiro atoms. The molecule has 2 aromatic rings. The molecule has 0 radical (unpaired) electrons. The average Bonchev–Trinajstić information content (AvgIpc) is 3.27. The maximum Gasteiger partial charge on any atom is 0.413 e. The van der Waals surface area contributed by atoms with Gasteiger partial charge in [0.05, 0.1) is 13.1 Å². The maximum absolute atomic E-state index is 12.5. The van der Waals surface area contributed by atoms with Gasteiger partial charge >= 0.3 is 6.09 Å². The quantitative estimate of drug-likeness (QED) is 0.674. The number of carbonyl (C=O) groups is 2. The average molecular weight is 423 g/mol. The first-order chi connectivity index (χ1) is 14.9. The molecule has 1 aliphatic heterocycles. The SMILES string of the molecule is CN(CCC(=O)N(C)CCc1ccc(C2=NCCN2C(=O)O)cc1)Cc1ccccc1. The van der Waals surface area contributed by atoms with Crippen molar-refractivity contribution in [3.63, 3.8) is 0 Å². The van der Waals surface area contributed by atoms with E-state index in [1.165, 1.54) is 10.5 Å². The second kappa shape index (κ2) is 10.7. The van der Waals surface area contributed by atoms with Gasteiger partial charge < -0.3 is 14.9 Å². The fourth-order valence-electron chi connectivity index (χ4n) is 3.57. The Morgan fingerprint density at radius 3 is 2.39 bits per heavy atom. The number of carbonyl (C=O) groups excluding carboxylic acids is 1. The van der Waals surface area contributed by atoms with Crippen LogP contribution >= 0.6 is 0 Å². The van der Waals surface area contributed by atoms with Crippen molar-refractivity contribution >= 4 is 17.8 Å². The largest absolute Gasteiger partial charge is 0.465 e. The van der Waals surface area contributed by atoms with Crippen LogP contribution in [0.3, 0.4) is 0 Å². The summed E-state index contributed by atoms with van der Waals surface area (Å²) in [5.74, 6) is 0.639. The highest BCUT2D eigenvalue weighted by molar-refractivity contribution is 6.07. The first-order valence-corrected chi connectivity index (χ1v) is 10.5. The van der Waals surface area contributed by atoms with E-state index >= 15 is 0 Å². The number of hydrogen-bond acceptors (Lipinski definition) is 4. The van der Waals surface area contributed by atoms with Gasteiger partial charge in [0.25, 0.3) is 0 Å². The lowest BCUT2D eigenvalue weighted by molar-refractivity contribution is -0.130. The van der Waals surface area contributed by atoms with E-state index < -0.39 is 6.09 Å². The molecule has 7 heteroatoms. The molecule has 2 aromatic carbocycles. The monoisotopic (exact) mass is 422 g/mol. The topological polar surface area (TPSA) is 76.5 Å². The number of nitrogens with zero attached hydrogens (tertiary/aromatic N) is 4. The molecular weight excluding hydrogens is 392 g/mol. The first kappa shape index (κ1) is 22.5. The lowest BCUT2D eigenvalue weighted by atomic mass is 10.1. The van der Waals surface area contributed by atoms with E-state index in [1.807, 2.05) is 56.6 Å². The van der Waals surface area contributed by atoms with Crippen LogP contribution in [0.1, 0.15) is 23.1 Å². The predicted molar refractivity (Wildman–Crippen MR) is 121 cm³/mol. The molecule has 0 atom stereocenters. The highest BCUT2D eigenvalue weighted by Gasteiger charge is 2.24. The summed E-state index contributed by atoms with van der Waals surface area (Å²) in [5, 5.41) is 9.25. The number of amidine groups is 1. The fourth-order valence-corrected chi connectivity index (χ4v) is 3.57. The number of rotatable bonds is 9. The van der Waals surface area contributed by atoms with Crippen LogP contribution in [0.5, 0.6) is 0 Å². The van der Waals surface area contributed by atoms with E-state index in [9.17, 15) is 14.7 Å². The molecule has 0 fully saturated rings. The van der Waals surface area contributed by atoms with Crippen LogP contribution in [0, 0.1) is 0 Å². The van der Waals surface area contributed by atoms with Gasteiger partial charge in [0, 0.05) is 38.7 Å². The Morgan fingerprint density at radius 1 is 1.00 bits per heavy atom. The van der Waals surface area contributed by atoms with Crippen LogP contribution in [0.25, 0.3) is 0 Å². The summed E-state index contributed by atoms with van der Waals surface area (Å²) in [4.78, 5) is 33.3. The van der Waals surface area contributed by atoms with Crippen molar-refractivity contribution in [2.75, 3.05) is 40.3 Å². The predicted octanol–water partition coefficient (Wildman–Crippen LogP) is 2.95. The molecule has 2 amide bonds. The Hall–Kier alpha value is -3.19. The van der Waals surface area contributed by atoms with Crippen molar-refractivity contribution in [3.05, 3.63) is 71.3 Å². The minimum atomic E-state index is -0.977. The van der Waals surface area contributed by atoms with Crippen LogP contribution in [-0.4, -0.2) is 77.9 Å². The number of likely N-dealkylation sites (N-methyl/N-ethyl adjacent to an activating group) is 1. The van der Waals surface area contributed by atoms with E-state index in [1.54, 1.807) is 4.90 Å². The molecule has 164 valence electrons. The molecule has 0 unspecified atom stereocenters. The summed E-state index contributed by atoms with van der Waals surface area (Å²) in [6.07, 6.45) is 0.260. The summed E-state index contributed by atoms with van der Waals surface area (Å²) in [6, 6.07) is 18.0. The first-order valence-electron chi connectivity index (χ1n) is 10.5. The Labute approximate surface area is 183 Å². The molecule has 0 aromatic heterocycles. The molecule has 7 nitrogen and oxygen atoms in total. The van der Waals surface area contributed by atoms with Gasteiger partial charge in [0.15, 0.2) is 0 Å². The van der Waals surface area contributed by atoms with Gasteiger partial charge in [0.1, 0.15) is 5.84 Å². The highest BCUT2D eigenvalue weighted by atomic mass is 16.4. The van der Waals surface area contributed by atoms with Crippen LogP contribution in [0.4, 0.5) is 4.79 Å². The third kappa shape index (κ3) is 6.39. The van der Waals surface area contributed by atoms with Gasteiger partial charge in [-0.2, -0.15) is 0 Å². The summed E-state index contributed by atoms with van der Waals surface area (Å²) in [5.41, 5.74) is 3.14. The van der Waals surface area contributed by atoms with Crippen molar-refractivity contribution in [2.24, 2.45) is 4.99 Å². The molecule has 0 saturated carbocycles.